The molecule has 0 radical (unpaired) electrons. The van der Waals surface area contributed by atoms with Gasteiger partial charge < -0.3 is 9.52 Å². The van der Waals surface area contributed by atoms with Gasteiger partial charge in [-0.25, -0.2) is 0 Å². The van der Waals surface area contributed by atoms with E-state index in [2.05, 4.69) is 22.0 Å². The van der Waals surface area contributed by atoms with Crippen LogP contribution in [0.15, 0.2) is 4.42 Å². The molecule has 2 heterocycles. The zero-order chi connectivity index (χ0) is 13.1. The van der Waals surface area contributed by atoms with E-state index in [-0.39, 0.29) is 12.1 Å². The second kappa shape index (κ2) is 5.80. The minimum absolute atomic E-state index is 0.143. The lowest BCUT2D eigenvalue weighted by atomic mass is 10.1. The Morgan fingerprint density at radius 2 is 2.22 bits per heavy atom. The number of hydrogen-bond acceptors (Lipinski definition) is 5. The van der Waals surface area contributed by atoms with Crippen LogP contribution in [0.4, 0.5) is 0 Å². The maximum atomic E-state index is 9.55. The molecule has 18 heavy (non-hydrogen) atoms. The van der Waals surface area contributed by atoms with Gasteiger partial charge >= 0.3 is 0 Å². The highest BCUT2D eigenvalue weighted by atomic mass is 16.4. The Bertz CT molecular complexity index is 378. The summed E-state index contributed by atoms with van der Waals surface area (Å²) >= 11 is 0. The van der Waals surface area contributed by atoms with Crippen LogP contribution in [0, 0.1) is 0 Å². The average molecular weight is 253 g/mol. The van der Waals surface area contributed by atoms with Crippen LogP contribution in [0.2, 0.25) is 0 Å². The van der Waals surface area contributed by atoms with Gasteiger partial charge in [0.25, 0.3) is 0 Å². The Hall–Kier alpha value is -0.940. The second-order valence-electron chi connectivity index (χ2n) is 5.18. The number of likely N-dealkylation sites (tertiary alicyclic amines) is 1. The number of aromatic nitrogens is 2. The van der Waals surface area contributed by atoms with E-state index >= 15 is 0 Å². The molecule has 0 aromatic carbocycles. The van der Waals surface area contributed by atoms with Crippen molar-refractivity contribution in [3.8, 4) is 0 Å². The molecule has 102 valence electrons. The summed E-state index contributed by atoms with van der Waals surface area (Å²) in [5, 5.41) is 17.7. The molecule has 3 atom stereocenters. The van der Waals surface area contributed by atoms with Crippen molar-refractivity contribution >= 4 is 0 Å². The molecule has 1 aromatic rings. The zero-order valence-electron chi connectivity index (χ0n) is 11.5. The largest absolute Gasteiger partial charge is 0.424 e. The smallest absolute Gasteiger partial charge is 0.233 e. The van der Waals surface area contributed by atoms with Crippen molar-refractivity contribution in [1.82, 2.24) is 15.1 Å². The van der Waals surface area contributed by atoms with E-state index < -0.39 is 0 Å². The highest BCUT2D eigenvalue weighted by molar-refractivity contribution is 4.94. The van der Waals surface area contributed by atoms with Crippen molar-refractivity contribution in [2.45, 2.75) is 64.6 Å². The summed E-state index contributed by atoms with van der Waals surface area (Å²) in [6.45, 7) is 7.01. The lowest BCUT2D eigenvalue weighted by Gasteiger charge is -2.29. The quantitative estimate of drug-likeness (QED) is 0.868. The van der Waals surface area contributed by atoms with Gasteiger partial charge in [-0.3, -0.25) is 4.90 Å². The number of aliphatic hydroxyl groups is 1. The van der Waals surface area contributed by atoms with E-state index in [1.54, 1.807) is 0 Å². The SMILES string of the molecule is CCc1nnc(C(C)N2CCCC2CC(C)O)o1. The molecule has 0 aliphatic carbocycles. The minimum Gasteiger partial charge on any atom is -0.424 e. The molecule has 1 aliphatic rings. The molecule has 0 spiro atoms. The number of aliphatic hydroxyl groups excluding tert-OH is 1. The molecular formula is C13H23N3O2. The summed E-state index contributed by atoms with van der Waals surface area (Å²) in [6, 6.07) is 0.570. The molecule has 1 fully saturated rings. The van der Waals surface area contributed by atoms with Crippen molar-refractivity contribution in [1.29, 1.82) is 0 Å². The molecular weight excluding hydrogens is 230 g/mol. The number of nitrogens with zero attached hydrogens (tertiary/aromatic N) is 3. The van der Waals surface area contributed by atoms with E-state index in [9.17, 15) is 5.11 Å². The van der Waals surface area contributed by atoms with Crippen LogP contribution < -0.4 is 0 Å². The lowest BCUT2D eigenvalue weighted by Crippen LogP contribution is -2.34. The summed E-state index contributed by atoms with van der Waals surface area (Å²) in [5.41, 5.74) is 0. The van der Waals surface area contributed by atoms with Crippen LogP contribution in [-0.2, 0) is 6.42 Å². The van der Waals surface area contributed by atoms with Crippen LogP contribution in [0.25, 0.3) is 0 Å². The standard InChI is InChI=1S/C13H23N3O2/c1-4-12-14-15-13(18-12)10(3)16-7-5-6-11(16)8-9(2)17/h9-11,17H,4-8H2,1-3H3. The molecule has 5 nitrogen and oxygen atoms in total. The average Bonchev–Trinajstić information content (AvgIpc) is 2.95. The van der Waals surface area contributed by atoms with E-state index in [0.717, 1.165) is 25.8 Å². The first-order chi connectivity index (χ1) is 8.61. The Labute approximate surface area is 108 Å². The monoisotopic (exact) mass is 253 g/mol. The molecule has 3 unspecified atom stereocenters. The molecule has 1 saturated heterocycles. The predicted molar refractivity (Wildman–Crippen MR) is 68.1 cm³/mol. The summed E-state index contributed by atoms with van der Waals surface area (Å²) < 4.78 is 5.63. The van der Waals surface area contributed by atoms with Crippen molar-refractivity contribution in [3.05, 3.63) is 11.8 Å². The molecule has 2 rings (SSSR count). The molecule has 1 aliphatic heterocycles. The maximum absolute atomic E-state index is 9.55. The van der Waals surface area contributed by atoms with Crippen LogP contribution in [-0.4, -0.2) is 38.9 Å². The van der Waals surface area contributed by atoms with Crippen molar-refractivity contribution in [3.63, 3.8) is 0 Å². The Balaban J connectivity index is 2.04. The van der Waals surface area contributed by atoms with Gasteiger partial charge in [0.15, 0.2) is 0 Å². The third-order valence-corrected chi connectivity index (χ3v) is 3.68. The number of rotatable bonds is 5. The first-order valence-electron chi connectivity index (χ1n) is 6.88. The van der Waals surface area contributed by atoms with Gasteiger partial charge in [0.1, 0.15) is 0 Å². The van der Waals surface area contributed by atoms with Crippen molar-refractivity contribution in [2.24, 2.45) is 0 Å². The predicted octanol–water partition coefficient (Wildman–Crippen LogP) is 1.93. The lowest BCUT2D eigenvalue weighted by molar-refractivity contribution is 0.105. The van der Waals surface area contributed by atoms with Crippen LogP contribution >= 0.6 is 0 Å². The van der Waals surface area contributed by atoms with Gasteiger partial charge in [-0.1, -0.05) is 6.92 Å². The third kappa shape index (κ3) is 2.90. The van der Waals surface area contributed by atoms with E-state index in [4.69, 9.17) is 4.42 Å². The highest BCUT2D eigenvalue weighted by Crippen LogP contribution is 2.30. The fraction of sp³-hybridized carbons (Fsp3) is 0.846. The first-order valence-corrected chi connectivity index (χ1v) is 6.88. The van der Waals surface area contributed by atoms with Crippen LogP contribution in [0.1, 0.15) is 57.9 Å². The zero-order valence-corrected chi connectivity index (χ0v) is 11.5. The Morgan fingerprint density at radius 3 is 2.83 bits per heavy atom. The molecule has 1 aromatic heterocycles. The normalized spacial score (nSPS) is 24.3. The van der Waals surface area contributed by atoms with Crippen LogP contribution in [0.5, 0.6) is 0 Å². The minimum atomic E-state index is -0.253. The Morgan fingerprint density at radius 1 is 1.44 bits per heavy atom. The molecule has 0 saturated carbocycles. The summed E-state index contributed by atoms with van der Waals surface area (Å²) in [7, 11) is 0. The summed E-state index contributed by atoms with van der Waals surface area (Å²) in [6.07, 6.45) is 3.66. The van der Waals surface area contributed by atoms with Gasteiger partial charge in [0.2, 0.25) is 11.8 Å². The van der Waals surface area contributed by atoms with E-state index in [1.807, 2.05) is 13.8 Å². The van der Waals surface area contributed by atoms with Gasteiger partial charge in [-0.15, -0.1) is 10.2 Å². The van der Waals surface area contributed by atoms with E-state index in [0.29, 0.717) is 17.8 Å². The number of aryl methyl sites for hydroxylation is 1. The fourth-order valence-electron chi connectivity index (χ4n) is 2.73. The van der Waals surface area contributed by atoms with Gasteiger partial charge in [-0.2, -0.15) is 0 Å². The van der Waals surface area contributed by atoms with E-state index in [1.165, 1.54) is 6.42 Å². The molecule has 1 N–H and O–H groups in total. The summed E-state index contributed by atoms with van der Waals surface area (Å²) in [4.78, 5) is 2.37. The third-order valence-electron chi connectivity index (χ3n) is 3.68. The topological polar surface area (TPSA) is 62.4 Å². The van der Waals surface area contributed by atoms with Gasteiger partial charge in [0, 0.05) is 12.5 Å². The summed E-state index contributed by atoms with van der Waals surface area (Å²) in [5.74, 6) is 1.40. The molecule has 0 bridgehead atoms. The van der Waals surface area contributed by atoms with Gasteiger partial charge in [-0.05, 0) is 39.7 Å². The van der Waals surface area contributed by atoms with Gasteiger partial charge in [0.05, 0.1) is 12.1 Å². The highest BCUT2D eigenvalue weighted by Gasteiger charge is 2.32. The Kier molecular flexibility index (Phi) is 4.35. The van der Waals surface area contributed by atoms with Crippen molar-refractivity contribution in [2.75, 3.05) is 6.54 Å². The second-order valence-corrected chi connectivity index (χ2v) is 5.18. The first kappa shape index (κ1) is 13.5. The molecule has 5 heteroatoms. The maximum Gasteiger partial charge on any atom is 0.233 e. The number of hydrogen-bond donors (Lipinski definition) is 1. The van der Waals surface area contributed by atoms with Crippen LogP contribution in [0.3, 0.4) is 0 Å². The fourth-order valence-corrected chi connectivity index (χ4v) is 2.73. The van der Waals surface area contributed by atoms with Crippen molar-refractivity contribution < 1.29 is 9.52 Å². The molecule has 0 amide bonds.